The molecule has 2 aromatic rings. The van der Waals surface area contributed by atoms with Gasteiger partial charge in [0, 0.05) is 6.04 Å². The van der Waals surface area contributed by atoms with E-state index in [0.29, 0.717) is 6.42 Å². The van der Waals surface area contributed by atoms with E-state index < -0.39 is 0 Å². The van der Waals surface area contributed by atoms with Gasteiger partial charge in [-0.15, -0.1) is 0 Å². The minimum absolute atomic E-state index is 0.0278. The molecule has 2 aromatic carbocycles. The van der Waals surface area contributed by atoms with Gasteiger partial charge in [0.25, 0.3) is 0 Å². The van der Waals surface area contributed by atoms with Gasteiger partial charge in [-0.25, -0.2) is 4.39 Å². The molecule has 1 heterocycles. The predicted molar refractivity (Wildman–Crippen MR) is 76.8 cm³/mol. The first-order valence-corrected chi connectivity index (χ1v) is 6.94. The maximum atomic E-state index is 12.9. The van der Waals surface area contributed by atoms with Crippen molar-refractivity contribution in [3.05, 3.63) is 71.0 Å². The second-order valence-corrected chi connectivity index (χ2v) is 5.20. The van der Waals surface area contributed by atoms with Crippen molar-refractivity contribution in [3.63, 3.8) is 0 Å². The Bertz CT molecular complexity index is 582. The molecule has 3 rings (SSSR count). The molecule has 2 unspecified atom stereocenters. The van der Waals surface area contributed by atoms with Crippen molar-refractivity contribution in [1.29, 1.82) is 0 Å². The van der Waals surface area contributed by atoms with Gasteiger partial charge in [0.15, 0.2) is 0 Å². The second-order valence-electron chi connectivity index (χ2n) is 5.20. The van der Waals surface area contributed by atoms with Gasteiger partial charge in [0.05, 0.1) is 12.7 Å². The number of hydrogen-bond donors (Lipinski definition) is 1. The lowest BCUT2D eigenvalue weighted by Crippen LogP contribution is -2.21. The normalized spacial score (nSPS) is 19.4. The van der Waals surface area contributed by atoms with Crippen LogP contribution in [0.2, 0.25) is 0 Å². The van der Waals surface area contributed by atoms with Gasteiger partial charge in [-0.1, -0.05) is 36.4 Å². The smallest absolute Gasteiger partial charge is 0.123 e. The number of ether oxygens (including phenoxy) is 1. The van der Waals surface area contributed by atoms with E-state index >= 15 is 0 Å². The summed E-state index contributed by atoms with van der Waals surface area (Å²) in [6, 6.07) is 14.6. The fraction of sp³-hybridized carbons (Fsp3) is 0.294. The van der Waals surface area contributed by atoms with E-state index in [4.69, 9.17) is 10.5 Å². The van der Waals surface area contributed by atoms with Crippen LogP contribution in [0.4, 0.5) is 4.39 Å². The van der Waals surface area contributed by atoms with Crippen LogP contribution in [0.25, 0.3) is 0 Å². The topological polar surface area (TPSA) is 35.2 Å². The molecular formula is C17H18FNO. The Labute approximate surface area is 118 Å². The third kappa shape index (κ3) is 2.74. The van der Waals surface area contributed by atoms with Gasteiger partial charge in [-0.2, -0.15) is 0 Å². The Hall–Kier alpha value is -1.71. The highest BCUT2D eigenvalue weighted by atomic mass is 19.1. The SMILES string of the molecule is NC(CC1OCCc2ccccc21)c1ccc(F)cc1. The number of hydrogen-bond acceptors (Lipinski definition) is 2. The molecule has 0 saturated heterocycles. The summed E-state index contributed by atoms with van der Waals surface area (Å²) in [4.78, 5) is 0. The van der Waals surface area contributed by atoms with E-state index in [1.165, 1.54) is 23.3 Å². The van der Waals surface area contributed by atoms with Crippen molar-refractivity contribution in [2.45, 2.75) is 25.0 Å². The number of fused-ring (bicyclic) bond motifs is 1. The minimum Gasteiger partial charge on any atom is -0.373 e. The number of halogens is 1. The van der Waals surface area contributed by atoms with Gasteiger partial charge >= 0.3 is 0 Å². The monoisotopic (exact) mass is 271 g/mol. The van der Waals surface area contributed by atoms with Crippen molar-refractivity contribution in [2.75, 3.05) is 6.61 Å². The van der Waals surface area contributed by atoms with Crippen LogP contribution in [0.1, 0.15) is 35.3 Å². The van der Waals surface area contributed by atoms with E-state index in [1.807, 2.05) is 6.07 Å². The highest BCUT2D eigenvalue weighted by Crippen LogP contribution is 2.33. The van der Waals surface area contributed by atoms with Gasteiger partial charge in [-0.3, -0.25) is 0 Å². The van der Waals surface area contributed by atoms with Crippen molar-refractivity contribution in [1.82, 2.24) is 0 Å². The molecule has 3 heteroatoms. The number of rotatable bonds is 3. The predicted octanol–water partition coefficient (Wildman–Crippen LogP) is 3.53. The highest BCUT2D eigenvalue weighted by Gasteiger charge is 2.23. The summed E-state index contributed by atoms with van der Waals surface area (Å²) in [5.41, 5.74) is 9.75. The van der Waals surface area contributed by atoms with Crippen molar-refractivity contribution < 1.29 is 9.13 Å². The fourth-order valence-electron chi connectivity index (χ4n) is 2.75. The standard InChI is InChI=1S/C17H18FNO/c18-14-7-5-13(6-8-14)16(19)11-17-15-4-2-1-3-12(15)9-10-20-17/h1-8,16-17H,9-11,19H2. The van der Waals surface area contributed by atoms with E-state index in [9.17, 15) is 4.39 Å². The number of benzene rings is 2. The summed E-state index contributed by atoms with van der Waals surface area (Å²) in [5.74, 6) is -0.236. The molecule has 1 aliphatic heterocycles. The van der Waals surface area contributed by atoms with E-state index in [-0.39, 0.29) is 18.0 Å². The zero-order valence-electron chi connectivity index (χ0n) is 11.3. The molecule has 0 aromatic heterocycles. The molecule has 0 fully saturated rings. The Morgan fingerprint density at radius 3 is 2.70 bits per heavy atom. The molecule has 0 amide bonds. The molecule has 20 heavy (non-hydrogen) atoms. The van der Waals surface area contributed by atoms with Crippen LogP contribution >= 0.6 is 0 Å². The first kappa shape index (κ1) is 13.3. The summed E-state index contributed by atoms with van der Waals surface area (Å²) in [6.07, 6.45) is 1.70. The average molecular weight is 271 g/mol. The summed E-state index contributed by atoms with van der Waals surface area (Å²) >= 11 is 0. The van der Waals surface area contributed by atoms with E-state index in [0.717, 1.165) is 18.6 Å². The Morgan fingerprint density at radius 2 is 1.90 bits per heavy atom. The van der Waals surface area contributed by atoms with Crippen LogP contribution in [0.15, 0.2) is 48.5 Å². The largest absolute Gasteiger partial charge is 0.373 e. The lowest BCUT2D eigenvalue weighted by molar-refractivity contribution is 0.0320. The Balaban J connectivity index is 1.77. The molecule has 0 spiro atoms. The van der Waals surface area contributed by atoms with Crippen LogP contribution in [0, 0.1) is 5.82 Å². The minimum atomic E-state index is -0.236. The van der Waals surface area contributed by atoms with Crippen molar-refractivity contribution in [2.24, 2.45) is 5.73 Å². The third-order valence-corrected chi connectivity index (χ3v) is 3.86. The third-order valence-electron chi connectivity index (χ3n) is 3.86. The molecule has 1 aliphatic rings. The van der Waals surface area contributed by atoms with E-state index in [2.05, 4.69) is 18.2 Å². The maximum absolute atomic E-state index is 12.9. The summed E-state index contributed by atoms with van der Waals surface area (Å²) in [7, 11) is 0. The van der Waals surface area contributed by atoms with E-state index in [1.54, 1.807) is 12.1 Å². The fourth-order valence-corrected chi connectivity index (χ4v) is 2.75. The quantitative estimate of drug-likeness (QED) is 0.927. The molecule has 0 radical (unpaired) electrons. The van der Waals surface area contributed by atoms with Gasteiger partial charge in [0.2, 0.25) is 0 Å². The van der Waals surface area contributed by atoms with Crippen LogP contribution in [-0.4, -0.2) is 6.61 Å². The van der Waals surface area contributed by atoms with Crippen LogP contribution in [0.5, 0.6) is 0 Å². The zero-order chi connectivity index (χ0) is 13.9. The second kappa shape index (κ2) is 5.73. The van der Waals surface area contributed by atoms with Gasteiger partial charge < -0.3 is 10.5 Å². The van der Waals surface area contributed by atoms with Crippen molar-refractivity contribution in [3.8, 4) is 0 Å². The molecule has 0 aliphatic carbocycles. The lowest BCUT2D eigenvalue weighted by atomic mass is 9.92. The first-order valence-electron chi connectivity index (χ1n) is 6.94. The van der Waals surface area contributed by atoms with Crippen LogP contribution < -0.4 is 5.73 Å². The van der Waals surface area contributed by atoms with Crippen molar-refractivity contribution >= 4 is 0 Å². The molecule has 104 valence electrons. The molecular weight excluding hydrogens is 253 g/mol. The summed E-state index contributed by atoms with van der Waals surface area (Å²) in [5, 5.41) is 0. The Morgan fingerprint density at radius 1 is 1.15 bits per heavy atom. The van der Waals surface area contributed by atoms with Gasteiger partial charge in [-0.05, 0) is 41.7 Å². The lowest BCUT2D eigenvalue weighted by Gasteiger charge is -2.28. The number of nitrogens with two attached hydrogens (primary N) is 1. The first-order chi connectivity index (χ1) is 9.74. The summed E-state index contributed by atoms with van der Waals surface area (Å²) < 4.78 is 18.8. The Kier molecular flexibility index (Phi) is 3.81. The van der Waals surface area contributed by atoms with Crippen LogP contribution in [0.3, 0.4) is 0 Å². The average Bonchev–Trinajstić information content (AvgIpc) is 2.48. The van der Waals surface area contributed by atoms with Gasteiger partial charge in [0.1, 0.15) is 5.82 Å². The maximum Gasteiger partial charge on any atom is 0.123 e. The summed E-state index contributed by atoms with van der Waals surface area (Å²) in [6.45, 7) is 0.734. The molecule has 2 nitrogen and oxygen atoms in total. The molecule has 0 saturated carbocycles. The highest BCUT2D eigenvalue weighted by molar-refractivity contribution is 5.31. The molecule has 2 atom stereocenters. The van der Waals surface area contributed by atoms with Crippen LogP contribution in [-0.2, 0) is 11.2 Å². The molecule has 2 N–H and O–H groups in total. The molecule has 0 bridgehead atoms. The zero-order valence-corrected chi connectivity index (χ0v) is 11.3.